The highest BCUT2D eigenvalue weighted by Crippen LogP contribution is 2.22. The lowest BCUT2D eigenvalue weighted by atomic mass is 10.1. The maximum atomic E-state index is 10.7. The van der Waals surface area contributed by atoms with Crippen LogP contribution in [0, 0.1) is 6.92 Å². The minimum atomic E-state index is -1.08. The molecule has 66 valence electrons. The summed E-state index contributed by atoms with van der Waals surface area (Å²) >= 11 is 0. The molecule has 0 aromatic heterocycles. The van der Waals surface area contributed by atoms with Gasteiger partial charge in [0, 0.05) is 4.91 Å². The zero-order valence-corrected chi connectivity index (χ0v) is 6.93. The van der Waals surface area contributed by atoms with Crippen molar-refractivity contribution >= 4 is 11.7 Å². The summed E-state index contributed by atoms with van der Waals surface area (Å²) in [6, 6.07) is 4.77. The summed E-state index contributed by atoms with van der Waals surface area (Å²) < 4.78 is 0. The van der Waals surface area contributed by atoms with Crippen molar-refractivity contribution in [1.82, 2.24) is 0 Å². The van der Waals surface area contributed by atoms with Crippen LogP contribution in [0.4, 0.5) is 5.69 Å². The predicted octanol–water partition coefficient (Wildman–Crippen LogP) is 2.64. The predicted molar refractivity (Wildman–Crippen MR) is 46.9 cm³/mol. The van der Waals surface area contributed by atoms with Gasteiger partial charge in [0.15, 0.2) is 0 Å². The summed E-state index contributed by atoms with van der Waals surface area (Å²) in [7, 11) is 0. The van der Waals surface area contributed by atoms with E-state index >= 15 is 0 Å². The van der Waals surface area contributed by atoms with Gasteiger partial charge < -0.3 is 5.11 Å². The van der Waals surface area contributed by atoms with Crippen molar-refractivity contribution < 1.29 is 9.90 Å². The van der Waals surface area contributed by atoms with Crippen LogP contribution in [0.15, 0.2) is 23.3 Å². The number of nitrogens with zero attached hydrogens (tertiary/aromatic N) is 3. The Morgan fingerprint density at radius 2 is 2.31 bits per heavy atom. The molecule has 13 heavy (non-hydrogen) atoms. The van der Waals surface area contributed by atoms with E-state index in [1.807, 2.05) is 0 Å². The molecule has 0 aliphatic rings. The number of carbonyl (C=O) groups is 1. The molecule has 0 amide bonds. The number of aryl methyl sites for hydroxylation is 1. The smallest absolute Gasteiger partial charge is 0.336 e. The fraction of sp³-hybridized carbons (Fsp3) is 0.125. The molecule has 1 N–H and O–H groups in total. The quantitative estimate of drug-likeness (QED) is 0.427. The van der Waals surface area contributed by atoms with E-state index in [4.69, 9.17) is 10.6 Å². The highest BCUT2D eigenvalue weighted by atomic mass is 16.4. The Labute approximate surface area is 74.3 Å². The van der Waals surface area contributed by atoms with Gasteiger partial charge in [0.1, 0.15) is 0 Å². The number of rotatable bonds is 2. The van der Waals surface area contributed by atoms with Gasteiger partial charge >= 0.3 is 5.97 Å². The van der Waals surface area contributed by atoms with Crippen LogP contribution in [0.2, 0.25) is 0 Å². The molecular formula is C8H7N3O2. The third-order valence-electron chi connectivity index (χ3n) is 1.62. The number of benzene rings is 1. The van der Waals surface area contributed by atoms with Crippen LogP contribution in [0.1, 0.15) is 15.9 Å². The Morgan fingerprint density at radius 3 is 2.85 bits per heavy atom. The van der Waals surface area contributed by atoms with Crippen molar-refractivity contribution in [3.8, 4) is 0 Å². The van der Waals surface area contributed by atoms with Crippen LogP contribution in [0.3, 0.4) is 0 Å². The summed E-state index contributed by atoms with van der Waals surface area (Å²) in [5.41, 5.74) is 8.97. The lowest BCUT2D eigenvalue weighted by Gasteiger charge is -2.02. The second-order valence-electron chi connectivity index (χ2n) is 2.46. The topological polar surface area (TPSA) is 86.1 Å². The molecule has 0 fully saturated rings. The molecule has 0 bridgehead atoms. The second kappa shape index (κ2) is 3.60. The largest absolute Gasteiger partial charge is 0.478 e. The summed E-state index contributed by atoms with van der Waals surface area (Å²) in [5, 5.41) is 12.1. The Kier molecular flexibility index (Phi) is 2.52. The van der Waals surface area contributed by atoms with Crippen molar-refractivity contribution in [3.63, 3.8) is 0 Å². The molecule has 0 unspecified atom stereocenters. The molecule has 5 nitrogen and oxygen atoms in total. The SMILES string of the molecule is Cc1cccc(N=[N+]=[N-])c1C(=O)O. The van der Waals surface area contributed by atoms with E-state index in [2.05, 4.69) is 10.0 Å². The Hall–Kier alpha value is -2.00. The number of hydrogen-bond acceptors (Lipinski definition) is 2. The van der Waals surface area contributed by atoms with Crippen LogP contribution in [0.5, 0.6) is 0 Å². The molecule has 1 aromatic carbocycles. The molecule has 5 heteroatoms. The maximum absolute atomic E-state index is 10.7. The van der Waals surface area contributed by atoms with E-state index in [1.165, 1.54) is 6.07 Å². The van der Waals surface area contributed by atoms with Gasteiger partial charge in [-0.15, -0.1) is 0 Å². The number of carboxylic acid groups (broad SMARTS) is 1. The standard InChI is InChI=1S/C8H7N3O2/c1-5-3-2-4-6(10-11-9)7(5)8(12)13/h2-4H,1H3,(H,12,13). The van der Waals surface area contributed by atoms with Crippen LogP contribution in [-0.4, -0.2) is 11.1 Å². The van der Waals surface area contributed by atoms with Crippen molar-refractivity contribution in [2.75, 3.05) is 0 Å². The highest BCUT2D eigenvalue weighted by Gasteiger charge is 2.10. The second-order valence-corrected chi connectivity index (χ2v) is 2.46. The first-order chi connectivity index (χ1) is 6.16. The van der Waals surface area contributed by atoms with Crippen LogP contribution >= 0.6 is 0 Å². The van der Waals surface area contributed by atoms with Crippen LogP contribution < -0.4 is 0 Å². The first-order valence-electron chi connectivity index (χ1n) is 3.55. The average molecular weight is 177 g/mol. The average Bonchev–Trinajstić information content (AvgIpc) is 2.04. The molecule has 0 aliphatic heterocycles. The van der Waals surface area contributed by atoms with E-state index in [0.717, 1.165) is 0 Å². The van der Waals surface area contributed by atoms with Gasteiger partial charge in [0.2, 0.25) is 0 Å². The van der Waals surface area contributed by atoms with Crippen molar-refractivity contribution in [3.05, 3.63) is 39.8 Å². The summed E-state index contributed by atoms with van der Waals surface area (Å²) in [6.07, 6.45) is 0. The normalized spacial score (nSPS) is 9.00. The monoisotopic (exact) mass is 177 g/mol. The van der Waals surface area contributed by atoms with E-state index in [-0.39, 0.29) is 11.3 Å². The molecule has 0 saturated heterocycles. The highest BCUT2D eigenvalue weighted by molar-refractivity contribution is 5.94. The zero-order chi connectivity index (χ0) is 9.84. The minimum Gasteiger partial charge on any atom is -0.478 e. The van der Waals surface area contributed by atoms with Crippen molar-refractivity contribution in [2.45, 2.75) is 6.92 Å². The Balaban J connectivity index is 3.42. The van der Waals surface area contributed by atoms with Crippen molar-refractivity contribution in [2.24, 2.45) is 5.11 Å². The van der Waals surface area contributed by atoms with Gasteiger partial charge in [-0.2, -0.15) is 0 Å². The van der Waals surface area contributed by atoms with Gasteiger partial charge in [0.25, 0.3) is 0 Å². The molecule has 0 aliphatic carbocycles. The van der Waals surface area contributed by atoms with Gasteiger partial charge in [-0.1, -0.05) is 23.3 Å². The lowest BCUT2D eigenvalue weighted by Crippen LogP contribution is -1.99. The number of hydrogen-bond donors (Lipinski definition) is 1. The van der Waals surface area contributed by atoms with Crippen LogP contribution in [0.25, 0.3) is 10.4 Å². The summed E-state index contributed by atoms with van der Waals surface area (Å²) in [4.78, 5) is 13.3. The maximum Gasteiger partial charge on any atom is 0.336 e. The molecule has 0 atom stereocenters. The van der Waals surface area contributed by atoms with E-state index in [0.29, 0.717) is 5.56 Å². The van der Waals surface area contributed by atoms with E-state index in [9.17, 15) is 4.79 Å². The summed E-state index contributed by atoms with van der Waals surface area (Å²) in [5.74, 6) is -1.08. The van der Waals surface area contributed by atoms with Gasteiger partial charge in [-0.25, -0.2) is 4.79 Å². The molecule has 0 radical (unpaired) electrons. The van der Waals surface area contributed by atoms with Gasteiger partial charge in [0.05, 0.1) is 11.3 Å². The first kappa shape index (κ1) is 9.09. The first-order valence-corrected chi connectivity index (χ1v) is 3.55. The fourth-order valence-electron chi connectivity index (χ4n) is 1.06. The number of aromatic carboxylic acids is 1. The van der Waals surface area contributed by atoms with Gasteiger partial charge in [-0.3, -0.25) is 0 Å². The molecule has 0 heterocycles. The molecular weight excluding hydrogens is 170 g/mol. The third-order valence-corrected chi connectivity index (χ3v) is 1.62. The Bertz CT molecular complexity index is 394. The molecule has 0 spiro atoms. The fourth-order valence-corrected chi connectivity index (χ4v) is 1.06. The minimum absolute atomic E-state index is 0.0558. The summed E-state index contributed by atoms with van der Waals surface area (Å²) in [6.45, 7) is 1.65. The van der Waals surface area contributed by atoms with Crippen molar-refractivity contribution in [1.29, 1.82) is 0 Å². The molecule has 1 aromatic rings. The third kappa shape index (κ3) is 1.77. The number of carboxylic acids is 1. The lowest BCUT2D eigenvalue weighted by molar-refractivity contribution is 0.0697. The van der Waals surface area contributed by atoms with Crippen LogP contribution in [-0.2, 0) is 0 Å². The zero-order valence-electron chi connectivity index (χ0n) is 6.93. The van der Waals surface area contributed by atoms with Gasteiger partial charge in [-0.05, 0) is 18.0 Å². The molecule has 1 rings (SSSR count). The Morgan fingerprint density at radius 1 is 1.62 bits per heavy atom. The van der Waals surface area contributed by atoms with E-state index < -0.39 is 5.97 Å². The molecule has 0 saturated carbocycles. The number of azide groups is 1. The van der Waals surface area contributed by atoms with E-state index in [1.54, 1.807) is 19.1 Å².